The first-order valence-corrected chi connectivity index (χ1v) is 7.57. The lowest BCUT2D eigenvalue weighted by Gasteiger charge is -2.16. The molecule has 0 fully saturated rings. The summed E-state index contributed by atoms with van der Waals surface area (Å²) in [6.07, 6.45) is -6.09. The van der Waals surface area contributed by atoms with Crippen molar-refractivity contribution in [1.82, 2.24) is 0 Å². The molecule has 7 heteroatoms. The Labute approximate surface area is 140 Å². The van der Waals surface area contributed by atoms with E-state index in [2.05, 4.69) is 15.9 Å². The molecule has 0 bridgehead atoms. The third-order valence-corrected chi connectivity index (χ3v) is 4.26. The van der Waals surface area contributed by atoms with Crippen LogP contribution in [0.25, 0.3) is 0 Å². The fraction of sp³-hybridized carbons (Fsp3) is 0.143. The standard InChI is InChI=1S/C14H8BrF4IO/c15-11-3-2-8(20)6-9(11)13(21)7-1-4-12(16)10(5-7)14(17,18)19/h1-6,13,21H. The van der Waals surface area contributed by atoms with Crippen molar-refractivity contribution in [3.8, 4) is 0 Å². The minimum absolute atomic E-state index is 0.0218. The van der Waals surface area contributed by atoms with E-state index in [1.807, 2.05) is 22.6 Å². The number of hydrogen-bond donors (Lipinski definition) is 1. The van der Waals surface area contributed by atoms with Crippen LogP contribution in [0.4, 0.5) is 17.6 Å². The summed E-state index contributed by atoms with van der Waals surface area (Å²) in [5, 5.41) is 10.3. The van der Waals surface area contributed by atoms with Crippen LogP contribution in [0.3, 0.4) is 0 Å². The summed E-state index contributed by atoms with van der Waals surface area (Å²) in [6.45, 7) is 0. The highest BCUT2D eigenvalue weighted by Gasteiger charge is 2.34. The Kier molecular flexibility index (Phi) is 4.94. The molecule has 1 nitrogen and oxygen atoms in total. The van der Waals surface area contributed by atoms with Crippen LogP contribution in [0.15, 0.2) is 40.9 Å². The molecular weight excluding hydrogens is 467 g/mol. The van der Waals surface area contributed by atoms with Crippen LogP contribution in [0, 0.1) is 9.39 Å². The van der Waals surface area contributed by atoms with Crippen LogP contribution in [-0.2, 0) is 6.18 Å². The van der Waals surface area contributed by atoms with E-state index < -0.39 is 23.7 Å². The number of benzene rings is 2. The molecular formula is C14H8BrF4IO. The van der Waals surface area contributed by atoms with Crippen LogP contribution >= 0.6 is 38.5 Å². The first kappa shape index (κ1) is 16.7. The van der Waals surface area contributed by atoms with Gasteiger partial charge in [-0.15, -0.1) is 0 Å². The molecule has 1 atom stereocenters. The third-order valence-electron chi connectivity index (χ3n) is 2.86. The van der Waals surface area contributed by atoms with Gasteiger partial charge in [0.05, 0.1) is 5.56 Å². The molecule has 2 aromatic rings. The van der Waals surface area contributed by atoms with Gasteiger partial charge < -0.3 is 5.11 Å². The van der Waals surface area contributed by atoms with Gasteiger partial charge in [0.25, 0.3) is 0 Å². The molecule has 0 amide bonds. The van der Waals surface area contributed by atoms with Gasteiger partial charge in [0.2, 0.25) is 0 Å². The summed E-state index contributed by atoms with van der Waals surface area (Å²) in [7, 11) is 0. The van der Waals surface area contributed by atoms with Crippen molar-refractivity contribution in [1.29, 1.82) is 0 Å². The Morgan fingerprint density at radius 2 is 1.76 bits per heavy atom. The highest BCUT2D eigenvalue weighted by Crippen LogP contribution is 2.35. The van der Waals surface area contributed by atoms with Crippen molar-refractivity contribution in [2.24, 2.45) is 0 Å². The number of alkyl halides is 3. The Balaban J connectivity index is 2.49. The van der Waals surface area contributed by atoms with Gasteiger partial charge in [-0.2, -0.15) is 13.2 Å². The lowest BCUT2D eigenvalue weighted by molar-refractivity contribution is -0.140. The normalized spacial score (nSPS) is 13.3. The highest BCUT2D eigenvalue weighted by atomic mass is 127. The monoisotopic (exact) mass is 474 g/mol. The van der Waals surface area contributed by atoms with Gasteiger partial charge in [0.1, 0.15) is 11.9 Å². The zero-order valence-corrected chi connectivity index (χ0v) is 14.0. The van der Waals surface area contributed by atoms with Gasteiger partial charge in [0, 0.05) is 13.6 Å². The van der Waals surface area contributed by atoms with Crippen LogP contribution < -0.4 is 0 Å². The minimum atomic E-state index is -4.80. The molecule has 0 saturated carbocycles. The quantitative estimate of drug-likeness (QED) is 0.463. The molecule has 1 unspecified atom stereocenters. The molecule has 0 aromatic heterocycles. The van der Waals surface area contributed by atoms with Crippen molar-refractivity contribution < 1.29 is 22.7 Å². The maximum atomic E-state index is 13.3. The number of rotatable bonds is 2. The van der Waals surface area contributed by atoms with Crippen molar-refractivity contribution in [2.45, 2.75) is 12.3 Å². The number of halogens is 6. The van der Waals surface area contributed by atoms with E-state index in [0.29, 0.717) is 22.2 Å². The maximum absolute atomic E-state index is 13.3. The van der Waals surface area contributed by atoms with E-state index in [1.165, 1.54) is 0 Å². The fourth-order valence-electron chi connectivity index (χ4n) is 1.83. The van der Waals surface area contributed by atoms with Crippen LogP contribution in [0.5, 0.6) is 0 Å². The van der Waals surface area contributed by atoms with E-state index in [-0.39, 0.29) is 5.56 Å². The lowest BCUT2D eigenvalue weighted by Crippen LogP contribution is -2.10. The average Bonchev–Trinajstić information content (AvgIpc) is 2.40. The second-order valence-corrected chi connectivity index (χ2v) is 6.41. The van der Waals surface area contributed by atoms with Gasteiger partial charge >= 0.3 is 6.18 Å². The minimum Gasteiger partial charge on any atom is -0.384 e. The number of aliphatic hydroxyl groups excluding tert-OH is 1. The molecule has 1 N–H and O–H groups in total. The summed E-state index contributed by atoms with van der Waals surface area (Å²) in [4.78, 5) is 0. The third kappa shape index (κ3) is 3.75. The Morgan fingerprint density at radius 3 is 2.38 bits per heavy atom. The smallest absolute Gasteiger partial charge is 0.384 e. The SMILES string of the molecule is OC(c1ccc(F)c(C(F)(F)F)c1)c1cc(I)ccc1Br. The second kappa shape index (κ2) is 6.21. The van der Waals surface area contributed by atoms with Crippen molar-refractivity contribution in [2.75, 3.05) is 0 Å². The van der Waals surface area contributed by atoms with Crippen LogP contribution in [-0.4, -0.2) is 5.11 Å². The van der Waals surface area contributed by atoms with Gasteiger partial charge in [-0.05, 0) is 58.5 Å². The highest BCUT2D eigenvalue weighted by molar-refractivity contribution is 14.1. The molecule has 2 aromatic carbocycles. The number of hydrogen-bond acceptors (Lipinski definition) is 1. The molecule has 0 aliphatic heterocycles. The zero-order chi connectivity index (χ0) is 15.8. The molecule has 0 aliphatic carbocycles. The van der Waals surface area contributed by atoms with E-state index >= 15 is 0 Å². The molecule has 112 valence electrons. The maximum Gasteiger partial charge on any atom is 0.419 e. The predicted octanol–water partition coefficient (Wildman–Crippen LogP) is 5.29. The molecule has 0 saturated heterocycles. The number of aliphatic hydroxyl groups is 1. The average molecular weight is 475 g/mol. The molecule has 0 radical (unpaired) electrons. The Bertz CT molecular complexity index is 673. The summed E-state index contributed by atoms with van der Waals surface area (Å²) in [5.41, 5.74) is -0.992. The first-order chi connectivity index (χ1) is 9.70. The molecule has 0 spiro atoms. The van der Waals surface area contributed by atoms with Crippen LogP contribution in [0.2, 0.25) is 0 Å². The Hall–Kier alpha value is -0.670. The lowest BCUT2D eigenvalue weighted by atomic mass is 9.99. The molecule has 0 aliphatic rings. The summed E-state index contributed by atoms with van der Waals surface area (Å²) in [5.74, 6) is -1.36. The first-order valence-electron chi connectivity index (χ1n) is 5.70. The van der Waals surface area contributed by atoms with E-state index in [9.17, 15) is 22.7 Å². The largest absolute Gasteiger partial charge is 0.419 e. The van der Waals surface area contributed by atoms with Crippen LogP contribution in [0.1, 0.15) is 22.8 Å². The topological polar surface area (TPSA) is 20.2 Å². The zero-order valence-electron chi connectivity index (χ0n) is 10.3. The second-order valence-electron chi connectivity index (χ2n) is 4.31. The fourth-order valence-corrected chi connectivity index (χ4v) is 2.81. The van der Waals surface area contributed by atoms with Gasteiger partial charge in [-0.3, -0.25) is 0 Å². The summed E-state index contributed by atoms with van der Waals surface area (Å²) < 4.78 is 52.8. The van der Waals surface area contributed by atoms with Gasteiger partial charge in [-0.25, -0.2) is 4.39 Å². The molecule has 0 heterocycles. The van der Waals surface area contributed by atoms with Gasteiger partial charge in [0.15, 0.2) is 0 Å². The van der Waals surface area contributed by atoms with Gasteiger partial charge in [-0.1, -0.05) is 22.0 Å². The predicted molar refractivity (Wildman–Crippen MR) is 82.3 cm³/mol. The summed E-state index contributed by atoms with van der Waals surface area (Å²) >= 11 is 5.27. The molecule has 21 heavy (non-hydrogen) atoms. The van der Waals surface area contributed by atoms with E-state index in [1.54, 1.807) is 18.2 Å². The van der Waals surface area contributed by atoms with Crippen molar-refractivity contribution in [3.05, 3.63) is 66.9 Å². The molecule has 2 rings (SSSR count). The van der Waals surface area contributed by atoms with E-state index in [0.717, 1.165) is 9.64 Å². The van der Waals surface area contributed by atoms with Crippen molar-refractivity contribution in [3.63, 3.8) is 0 Å². The van der Waals surface area contributed by atoms with Crippen molar-refractivity contribution >= 4 is 38.5 Å². The van der Waals surface area contributed by atoms with E-state index in [4.69, 9.17) is 0 Å². The summed E-state index contributed by atoms with van der Waals surface area (Å²) in [6, 6.07) is 7.60. The Morgan fingerprint density at radius 1 is 1.10 bits per heavy atom.